The first kappa shape index (κ1) is 15.4. The zero-order valence-corrected chi connectivity index (χ0v) is 13.0. The molecule has 2 nitrogen and oxygen atoms in total. The van der Waals surface area contributed by atoms with E-state index in [9.17, 15) is 5.11 Å². The summed E-state index contributed by atoms with van der Waals surface area (Å²) in [5.74, 6) is 1.32. The Morgan fingerprint density at radius 1 is 1.20 bits per heavy atom. The molecule has 0 fully saturated rings. The maximum absolute atomic E-state index is 9.83. The minimum Gasteiger partial charge on any atom is -0.508 e. The van der Waals surface area contributed by atoms with E-state index in [-0.39, 0.29) is 0 Å². The Labute approximate surface area is 123 Å². The average Bonchev–Trinajstić information content (AvgIpc) is 2.82. The van der Waals surface area contributed by atoms with Crippen molar-refractivity contribution in [1.29, 1.82) is 0 Å². The number of phenols is 1. The lowest BCUT2D eigenvalue weighted by Crippen LogP contribution is -2.20. The highest BCUT2D eigenvalue weighted by molar-refractivity contribution is 5.44. The number of fused-ring (bicyclic) bond motifs is 1. The van der Waals surface area contributed by atoms with Gasteiger partial charge in [0.15, 0.2) is 0 Å². The number of phenolic OH excluding ortho intramolecular Hbond substituents is 1. The highest BCUT2D eigenvalue weighted by Crippen LogP contribution is 2.36. The molecule has 1 aromatic rings. The fourth-order valence-electron chi connectivity index (χ4n) is 3.15. The normalized spacial score (nSPS) is 17.6. The first-order valence-electron chi connectivity index (χ1n) is 8.22. The van der Waals surface area contributed by atoms with Gasteiger partial charge in [0.05, 0.1) is 0 Å². The molecule has 2 rings (SSSR count). The fourth-order valence-corrected chi connectivity index (χ4v) is 3.15. The van der Waals surface area contributed by atoms with Crippen LogP contribution in [0.15, 0.2) is 18.2 Å². The number of benzene rings is 1. The van der Waals surface area contributed by atoms with Gasteiger partial charge in [0.1, 0.15) is 5.75 Å². The van der Waals surface area contributed by atoms with Gasteiger partial charge in [0, 0.05) is 6.04 Å². The highest BCUT2D eigenvalue weighted by atomic mass is 16.3. The van der Waals surface area contributed by atoms with Gasteiger partial charge < -0.3 is 10.4 Å². The fraction of sp³-hybridized carbons (Fsp3) is 0.667. The van der Waals surface area contributed by atoms with Crippen molar-refractivity contribution < 1.29 is 5.11 Å². The molecule has 0 spiro atoms. The van der Waals surface area contributed by atoms with E-state index in [4.69, 9.17) is 0 Å². The summed E-state index contributed by atoms with van der Waals surface area (Å²) in [4.78, 5) is 0. The highest BCUT2D eigenvalue weighted by Gasteiger charge is 2.23. The molecule has 0 bridgehead atoms. The third-order valence-electron chi connectivity index (χ3n) is 4.34. The molecule has 0 aliphatic heterocycles. The minimum atomic E-state index is 0.452. The van der Waals surface area contributed by atoms with Gasteiger partial charge in [-0.15, -0.1) is 0 Å². The molecular weight excluding hydrogens is 246 g/mol. The summed E-state index contributed by atoms with van der Waals surface area (Å²) >= 11 is 0. The summed E-state index contributed by atoms with van der Waals surface area (Å²) in [6.07, 6.45) is 8.83. The van der Waals surface area contributed by atoms with Crippen LogP contribution >= 0.6 is 0 Å². The summed E-state index contributed by atoms with van der Waals surface area (Å²) in [6, 6.07) is 6.37. The van der Waals surface area contributed by atoms with Gasteiger partial charge in [-0.3, -0.25) is 0 Å². The SMILES string of the molecule is CC(C)CCCCCCNC1CCc2c(O)cccc21. The van der Waals surface area contributed by atoms with Gasteiger partial charge in [-0.05, 0) is 48.9 Å². The Kier molecular flexibility index (Phi) is 5.90. The summed E-state index contributed by atoms with van der Waals surface area (Å²) in [7, 11) is 0. The van der Waals surface area contributed by atoms with Gasteiger partial charge >= 0.3 is 0 Å². The van der Waals surface area contributed by atoms with Crippen molar-refractivity contribution in [3.05, 3.63) is 29.3 Å². The van der Waals surface area contributed by atoms with E-state index in [1.165, 1.54) is 37.7 Å². The second-order valence-corrected chi connectivity index (χ2v) is 6.49. The number of hydrogen-bond acceptors (Lipinski definition) is 2. The van der Waals surface area contributed by atoms with E-state index in [1.807, 2.05) is 6.07 Å². The molecule has 0 aromatic heterocycles. The van der Waals surface area contributed by atoms with Crippen LogP contribution in [0, 0.1) is 5.92 Å². The first-order chi connectivity index (χ1) is 9.68. The molecule has 0 radical (unpaired) electrons. The molecular formula is C18H29NO. The van der Waals surface area contributed by atoms with Gasteiger partial charge in [-0.25, -0.2) is 0 Å². The molecule has 2 heteroatoms. The van der Waals surface area contributed by atoms with Crippen LogP contribution in [0.1, 0.15) is 69.5 Å². The number of rotatable bonds is 8. The third kappa shape index (κ3) is 4.24. The van der Waals surface area contributed by atoms with Crippen LogP contribution < -0.4 is 5.32 Å². The maximum atomic E-state index is 9.83. The number of hydrogen-bond donors (Lipinski definition) is 2. The molecule has 112 valence electrons. The van der Waals surface area contributed by atoms with Gasteiger partial charge in [-0.2, -0.15) is 0 Å². The van der Waals surface area contributed by atoms with E-state index in [0.29, 0.717) is 11.8 Å². The summed E-state index contributed by atoms with van der Waals surface area (Å²) in [6.45, 7) is 5.70. The first-order valence-corrected chi connectivity index (χ1v) is 8.22. The number of aromatic hydroxyl groups is 1. The van der Waals surface area contributed by atoms with Crippen LogP contribution in [0.2, 0.25) is 0 Å². The second-order valence-electron chi connectivity index (χ2n) is 6.49. The summed E-state index contributed by atoms with van der Waals surface area (Å²) in [5, 5.41) is 13.5. The van der Waals surface area contributed by atoms with Crippen molar-refractivity contribution in [2.24, 2.45) is 5.92 Å². The monoisotopic (exact) mass is 275 g/mol. The van der Waals surface area contributed by atoms with Gasteiger partial charge in [-0.1, -0.05) is 51.7 Å². The van der Waals surface area contributed by atoms with E-state index in [1.54, 1.807) is 6.07 Å². The second kappa shape index (κ2) is 7.68. The average molecular weight is 275 g/mol. The lowest BCUT2D eigenvalue weighted by atomic mass is 10.0. The van der Waals surface area contributed by atoms with Crippen molar-refractivity contribution >= 4 is 0 Å². The lowest BCUT2D eigenvalue weighted by molar-refractivity contribution is 0.469. The van der Waals surface area contributed by atoms with Crippen LogP contribution in [0.5, 0.6) is 5.75 Å². The largest absolute Gasteiger partial charge is 0.508 e. The van der Waals surface area contributed by atoms with Crippen molar-refractivity contribution in [1.82, 2.24) is 5.32 Å². The van der Waals surface area contributed by atoms with Crippen molar-refractivity contribution in [2.45, 2.75) is 64.8 Å². The standard InChI is InChI=1S/C18H29NO/c1-14(2)8-5-3-4-6-13-19-17-12-11-16-15(17)9-7-10-18(16)20/h7,9-10,14,17,19-20H,3-6,8,11-13H2,1-2H3. The van der Waals surface area contributed by atoms with E-state index >= 15 is 0 Å². The van der Waals surface area contributed by atoms with E-state index in [2.05, 4.69) is 25.2 Å². The van der Waals surface area contributed by atoms with Crippen LogP contribution in [0.4, 0.5) is 0 Å². The van der Waals surface area contributed by atoms with Crippen LogP contribution in [0.3, 0.4) is 0 Å². The Hall–Kier alpha value is -1.02. The van der Waals surface area contributed by atoms with Crippen LogP contribution in [0.25, 0.3) is 0 Å². The predicted octanol–water partition coefficient (Wildman–Crippen LogP) is 4.58. The molecule has 1 aliphatic rings. The topological polar surface area (TPSA) is 32.3 Å². The zero-order valence-electron chi connectivity index (χ0n) is 13.0. The molecule has 1 atom stereocenters. The molecule has 0 saturated heterocycles. The number of unbranched alkanes of at least 4 members (excludes halogenated alkanes) is 3. The van der Waals surface area contributed by atoms with Crippen LogP contribution in [-0.4, -0.2) is 11.7 Å². The number of nitrogens with one attached hydrogen (secondary N) is 1. The Bertz CT molecular complexity index is 414. The third-order valence-corrected chi connectivity index (χ3v) is 4.34. The molecule has 0 amide bonds. The lowest BCUT2D eigenvalue weighted by Gasteiger charge is -2.14. The molecule has 2 N–H and O–H groups in total. The summed E-state index contributed by atoms with van der Waals surface area (Å²) < 4.78 is 0. The van der Waals surface area contributed by atoms with Crippen molar-refractivity contribution in [3.63, 3.8) is 0 Å². The van der Waals surface area contributed by atoms with Crippen molar-refractivity contribution in [3.8, 4) is 5.75 Å². The van der Waals surface area contributed by atoms with E-state index in [0.717, 1.165) is 30.9 Å². The molecule has 1 aromatic carbocycles. The molecule has 20 heavy (non-hydrogen) atoms. The Morgan fingerprint density at radius 2 is 2.00 bits per heavy atom. The van der Waals surface area contributed by atoms with Gasteiger partial charge in [0.25, 0.3) is 0 Å². The Balaban J connectivity index is 1.64. The predicted molar refractivity (Wildman–Crippen MR) is 85.1 cm³/mol. The van der Waals surface area contributed by atoms with Crippen LogP contribution in [-0.2, 0) is 6.42 Å². The minimum absolute atomic E-state index is 0.452. The summed E-state index contributed by atoms with van der Waals surface area (Å²) in [5.41, 5.74) is 2.46. The van der Waals surface area contributed by atoms with Crippen molar-refractivity contribution in [2.75, 3.05) is 6.54 Å². The quantitative estimate of drug-likeness (QED) is 0.681. The zero-order chi connectivity index (χ0) is 14.4. The molecule has 1 aliphatic carbocycles. The molecule has 0 saturated carbocycles. The Morgan fingerprint density at radius 3 is 2.80 bits per heavy atom. The molecule has 1 unspecified atom stereocenters. The molecule has 0 heterocycles. The maximum Gasteiger partial charge on any atom is 0.119 e. The van der Waals surface area contributed by atoms with E-state index < -0.39 is 0 Å². The smallest absolute Gasteiger partial charge is 0.119 e. The van der Waals surface area contributed by atoms with Gasteiger partial charge in [0.2, 0.25) is 0 Å².